The Bertz CT molecular complexity index is 724. The molecule has 3 heterocycles. The zero-order valence-corrected chi connectivity index (χ0v) is 13.3. The smallest absolute Gasteiger partial charge is 0.237 e. The van der Waals surface area contributed by atoms with Crippen LogP contribution < -0.4 is 5.32 Å². The van der Waals surface area contributed by atoms with Crippen molar-refractivity contribution in [2.24, 2.45) is 0 Å². The van der Waals surface area contributed by atoms with Gasteiger partial charge in [0, 0.05) is 12.1 Å². The average molecular weight is 311 g/mol. The SMILES string of the molecule is C#CCNC(=O)C(C)N1CCC(c2nnc3ccccn23)CC1. The van der Waals surface area contributed by atoms with Crippen molar-refractivity contribution in [1.29, 1.82) is 0 Å². The molecule has 6 nitrogen and oxygen atoms in total. The molecule has 0 saturated carbocycles. The number of hydrogen-bond acceptors (Lipinski definition) is 4. The zero-order chi connectivity index (χ0) is 16.2. The monoisotopic (exact) mass is 311 g/mol. The van der Waals surface area contributed by atoms with Crippen molar-refractivity contribution in [3.05, 3.63) is 30.2 Å². The van der Waals surface area contributed by atoms with Crippen molar-refractivity contribution >= 4 is 11.6 Å². The number of rotatable bonds is 4. The molecule has 1 aliphatic rings. The number of fused-ring (bicyclic) bond motifs is 1. The molecule has 23 heavy (non-hydrogen) atoms. The normalized spacial score (nSPS) is 17.7. The highest BCUT2D eigenvalue weighted by atomic mass is 16.2. The average Bonchev–Trinajstić information content (AvgIpc) is 3.03. The molecule has 1 unspecified atom stereocenters. The third kappa shape index (κ3) is 3.20. The van der Waals surface area contributed by atoms with E-state index in [1.165, 1.54) is 0 Å². The summed E-state index contributed by atoms with van der Waals surface area (Å²) in [6.45, 7) is 3.96. The van der Waals surface area contributed by atoms with Crippen LogP contribution in [0.4, 0.5) is 0 Å². The van der Waals surface area contributed by atoms with Gasteiger partial charge in [-0.1, -0.05) is 12.0 Å². The molecule has 0 radical (unpaired) electrons. The van der Waals surface area contributed by atoms with Gasteiger partial charge < -0.3 is 5.32 Å². The highest BCUT2D eigenvalue weighted by Gasteiger charge is 2.29. The van der Waals surface area contributed by atoms with E-state index in [-0.39, 0.29) is 18.5 Å². The molecule has 6 heteroatoms. The molecule has 1 amide bonds. The van der Waals surface area contributed by atoms with Gasteiger partial charge in [-0.15, -0.1) is 16.6 Å². The predicted molar refractivity (Wildman–Crippen MR) is 87.8 cm³/mol. The number of nitrogens with zero attached hydrogens (tertiary/aromatic N) is 4. The number of amides is 1. The molecule has 1 atom stereocenters. The second kappa shape index (κ2) is 6.80. The number of likely N-dealkylation sites (tertiary alicyclic amines) is 1. The number of carbonyl (C=O) groups excluding carboxylic acids is 1. The fraction of sp³-hybridized carbons (Fsp3) is 0.471. The van der Waals surface area contributed by atoms with Crippen molar-refractivity contribution in [3.63, 3.8) is 0 Å². The Morgan fingerprint density at radius 2 is 2.22 bits per heavy atom. The third-order valence-electron chi connectivity index (χ3n) is 4.53. The first kappa shape index (κ1) is 15.5. The van der Waals surface area contributed by atoms with E-state index in [2.05, 4.69) is 30.7 Å². The molecule has 3 rings (SSSR count). The Labute approximate surface area is 135 Å². The van der Waals surface area contributed by atoms with Gasteiger partial charge in [0.2, 0.25) is 5.91 Å². The van der Waals surface area contributed by atoms with Gasteiger partial charge >= 0.3 is 0 Å². The van der Waals surface area contributed by atoms with Gasteiger partial charge in [-0.25, -0.2) is 0 Å². The minimum absolute atomic E-state index is 0.00525. The Kier molecular flexibility index (Phi) is 4.58. The molecule has 0 aromatic carbocycles. The van der Waals surface area contributed by atoms with E-state index in [9.17, 15) is 4.79 Å². The van der Waals surface area contributed by atoms with Crippen LogP contribution in [0, 0.1) is 12.3 Å². The number of piperidine rings is 1. The Morgan fingerprint density at radius 1 is 1.43 bits per heavy atom. The van der Waals surface area contributed by atoms with Crippen LogP contribution in [-0.4, -0.2) is 51.1 Å². The van der Waals surface area contributed by atoms with Gasteiger partial charge in [-0.3, -0.25) is 14.1 Å². The Balaban J connectivity index is 1.62. The van der Waals surface area contributed by atoms with Crippen LogP contribution >= 0.6 is 0 Å². The molecule has 1 N–H and O–H groups in total. The van der Waals surface area contributed by atoms with Crippen LogP contribution in [0.25, 0.3) is 5.65 Å². The van der Waals surface area contributed by atoms with Gasteiger partial charge in [0.05, 0.1) is 12.6 Å². The summed E-state index contributed by atoms with van der Waals surface area (Å²) < 4.78 is 2.06. The summed E-state index contributed by atoms with van der Waals surface area (Å²) in [5.41, 5.74) is 0.881. The maximum absolute atomic E-state index is 12.0. The van der Waals surface area contributed by atoms with Gasteiger partial charge in [0.1, 0.15) is 5.82 Å². The molecule has 0 spiro atoms. The Morgan fingerprint density at radius 3 is 2.96 bits per heavy atom. The van der Waals surface area contributed by atoms with Crippen molar-refractivity contribution < 1.29 is 4.79 Å². The van der Waals surface area contributed by atoms with E-state index in [1.54, 1.807) is 0 Å². The standard InChI is InChI=1S/C17H21N5O/c1-3-9-18-17(23)13(2)21-11-7-14(8-12-21)16-20-19-15-6-4-5-10-22(15)16/h1,4-6,10,13-14H,7-9,11-12H2,2H3,(H,18,23). The molecular formula is C17H21N5O. The summed E-state index contributed by atoms with van der Waals surface area (Å²) in [4.78, 5) is 14.2. The van der Waals surface area contributed by atoms with Crippen molar-refractivity contribution in [3.8, 4) is 12.3 Å². The number of nitrogens with one attached hydrogen (secondary N) is 1. The summed E-state index contributed by atoms with van der Waals surface area (Å²) in [5, 5.41) is 11.3. The summed E-state index contributed by atoms with van der Waals surface area (Å²) in [6.07, 6.45) is 9.14. The van der Waals surface area contributed by atoms with Gasteiger partial charge in [0.25, 0.3) is 0 Å². The lowest BCUT2D eigenvalue weighted by Crippen LogP contribution is -2.48. The van der Waals surface area contributed by atoms with Gasteiger partial charge in [-0.2, -0.15) is 0 Å². The molecule has 1 fully saturated rings. The maximum Gasteiger partial charge on any atom is 0.237 e. The van der Waals surface area contributed by atoms with E-state index >= 15 is 0 Å². The van der Waals surface area contributed by atoms with Gasteiger partial charge in [0.15, 0.2) is 5.65 Å². The lowest BCUT2D eigenvalue weighted by atomic mass is 9.95. The molecule has 1 aliphatic heterocycles. The quantitative estimate of drug-likeness (QED) is 0.857. The summed E-state index contributed by atoms with van der Waals surface area (Å²) >= 11 is 0. The van der Waals surface area contributed by atoms with E-state index in [0.717, 1.165) is 37.4 Å². The number of aromatic nitrogens is 3. The topological polar surface area (TPSA) is 62.5 Å². The fourth-order valence-corrected chi connectivity index (χ4v) is 3.13. The van der Waals surface area contributed by atoms with Gasteiger partial charge in [-0.05, 0) is 45.0 Å². The van der Waals surface area contributed by atoms with E-state index < -0.39 is 0 Å². The first-order chi connectivity index (χ1) is 11.2. The van der Waals surface area contributed by atoms with Crippen molar-refractivity contribution in [2.45, 2.75) is 31.7 Å². The third-order valence-corrected chi connectivity index (χ3v) is 4.53. The molecular weight excluding hydrogens is 290 g/mol. The first-order valence-corrected chi connectivity index (χ1v) is 7.95. The summed E-state index contributed by atoms with van der Waals surface area (Å²) in [5.74, 6) is 3.82. The van der Waals surface area contributed by atoms with Crippen LogP contribution in [0.3, 0.4) is 0 Å². The number of hydrogen-bond donors (Lipinski definition) is 1. The van der Waals surface area contributed by atoms with Crippen LogP contribution in [-0.2, 0) is 4.79 Å². The second-order valence-corrected chi connectivity index (χ2v) is 5.90. The highest BCUT2D eigenvalue weighted by molar-refractivity contribution is 5.81. The minimum Gasteiger partial charge on any atom is -0.344 e. The molecule has 2 aromatic heterocycles. The summed E-state index contributed by atoms with van der Waals surface area (Å²) in [6, 6.07) is 5.77. The largest absolute Gasteiger partial charge is 0.344 e. The van der Waals surface area contributed by atoms with Crippen LogP contribution in [0.15, 0.2) is 24.4 Å². The number of carbonyl (C=O) groups is 1. The summed E-state index contributed by atoms with van der Waals surface area (Å²) in [7, 11) is 0. The molecule has 2 aromatic rings. The lowest BCUT2D eigenvalue weighted by Gasteiger charge is -2.34. The predicted octanol–water partition coefficient (Wildman–Crippen LogP) is 1.05. The number of pyridine rings is 1. The molecule has 0 aliphatic carbocycles. The van der Waals surface area contributed by atoms with Crippen molar-refractivity contribution in [2.75, 3.05) is 19.6 Å². The Hall–Kier alpha value is -2.39. The minimum atomic E-state index is -0.153. The fourth-order valence-electron chi connectivity index (χ4n) is 3.13. The lowest BCUT2D eigenvalue weighted by molar-refractivity contribution is -0.126. The van der Waals surface area contributed by atoms with E-state index in [0.29, 0.717) is 5.92 Å². The van der Waals surface area contributed by atoms with Crippen LogP contribution in [0.2, 0.25) is 0 Å². The van der Waals surface area contributed by atoms with Crippen molar-refractivity contribution in [1.82, 2.24) is 24.8 Å². The maximum atomic E-state index is 12.0. The van der Waals surface area contributed by atoms with Crippen LogP contribution in [0.1, 0.15) is 31.5 Å². The highest BCUT2D eigenvalue weighted by Crippen LogP contribution is 2.27. The second-order valence-electron chi connectivity index (χ2n) is 5.90. The van der Waals surface area contributed by atoms with Crippen LogP contribution in [0.5, 0.6) is 0 Å². The van der Waals surface area contributed by atoms with E-state index in [1.807, 2.05) is 31.3 Å². The first-order valence-electron chi connectivity index (χ1n) is 7.95. The van der Waals surface area contributed by atoms with E-state index in [4.69, 9.17) is 6.42 Å². The molecule has 0 bridgehead atoms. The molecule has 120 valence electrons. The zero-order valence-electron chi connectivity index (χ0n) is 13.3. The molecule has 1 saturated heterocycles. The number of terminal acetylenes is 1.